The summed E-state index contributed by atoms with van der Waals surface area (Å²) in [5.41, 5.74) is 0. The molecule has 1 saturated carbocycles. The summed E-state index contributed by atoms with van der Waals surface area (Å²) >= 11 is 0. The van der Waals surface area contributed by atoms with Gasteiger partial charge in [0.15, 0.2) is 0 Å². The zero-order valence-corrected chi connectivity index (χ0v) is 16.6. The van der Waals surface area contributed by atoms with E-state index in [1.807, 2.05) is 0 Å². The van der Waals surface area contributed by atoms with Crippen LogP contribution >= 0.6 is 0 Å². The molecule has 1 aliphatic heterocycles. The van der Waals surface area contributed by atoms with Crippen LogP contribution in [0.1, 0.15) is 78.6 Å². The van der Waals surface area contributed by atoms with E-state index in [1.165, 1.54) is 64.3 Å². The van der Waals surface area contributed by atoms with Crippen LogP contribution in [0, 0.1) is 11.8 Å². The van der Waals surface area contributed by atoms with Crippen molar-refractivity contribution in [3.8, 4) is 0 Å². The van der Waals surface area contributed by atoms with Gasteiger partial charge in [0, 0.05) is 13.2 Å². The first-order valence-electron chi connectivity index (χ1n) is 10.0. The molecule has 4 heteroatoms. The van der Waals surface area contributed by atoms with Gasteiger partial charge < -0.3 is 20.3 Å². The van der Waals surface area contributed by atoms with E-state index in [2.05, 4.69) is 26.1 Å². The van der Waals surface area contributed by atoms with E-state index in [-0.39, 0.29) is 6.61 Å². The molecule has 1 aliphatic carbocycles. The largest absolute Gasteiger partial charge is 0.400 e. The van der Waals surface area contributed by atoms with E-state index >= 15 is 0 Å². The summed E-state index contributed by atoms with van der Waals surface area (Å²) in [6.45, 7) is 8.76. The monoisotopic (exact) mass is 345 g/mol. The molecule has 0 amide bonds. The average molecular weight is 346 g/mol. The third-order valence-electron chi connectivity index (χ3n) is 4.95. The van der Waals surface area contributed by atoms with Crippen molar-refractivity contribution in [2.24, 2.45) is 11.8 Å². The average Bonchev–Trinajstić information content (AvgIpc) is 2.62. The smallest absolute Gasteiger partial charge is 0.0701 e. The Morgan fingerprint density at radius 3 is 2.12 bits per heavy atom. The second-order valence-electron chi connectivity index (χ2n) is 7.56. The maximum Gasteiger partial charge on any atom is 0.0701 e. The summed E-state index contributed by atoms with van der Waals surface area (Å²) < 4.78 is 5.56. The molecule has 4 nitrogen and oxygen atoms in total. The van der Waals surface area contributed by atoms with Crippen LogP contribution in [0.4, 0.5) is 0 Å². The van der Waals surface area contributed by atoms with Crippen molar-refractivity contribution in [3.63, 3.8) is 0 Å². The second-order valence-corrected chi connectivity index (χ2v) is 7.56. The Morgan fingerprint density at radius 1 is 1.04 bits per heavy atom. The molecule has 0 spiro atoms. The van der Waals surface area contributed by atoms with Gasteiger partial charge in [-0.15, -0.1) is 0 Å². The molecule has 1 heterocycles. The van der Waals surface area contributed by atoms with Gasteiger partial charge >= 0.3 is 0 Å². The van der Waals surface area contributed by atoms with Gasteiger partial charge in [0.1, 0.15) is 0 Å². The van der Waals surface area contributed by atoms with E-state index in [1.54, 1.807) is 0 Å². The van der Waals surface area contributed by atoms with Crippen molar-refractivity contribution in [1.29, 1.82) is 0 Å². The molecule has 2 rings (SSSR count). The predicted octanol–water partition coefficient (Wildman–Crippen LogP) is 3.75. The zero-order chi connectivity index (χ0) is 18.2. The number of ether oxygens (including phenoxy) is 1. The first-order chi connectivity index (χ1) is 11.6. The summed E-state index contributed by atoms with van der Waals surface area (Å²) in [7, 11) is 1.00. The standard InChI is InChI=1S/C13H26O2.C6H13N.CH4O/c1-11(2)3-4-12-5-7-13(8-6-12)15-10-9-14;1-6-4-2-3-5-7-6;1-2/h11-14H,3-10H2,1-2H3;6-7H,2-5H2,1H3;2H,1H3. The Labute approximate surface area is 150 Å². The summed E-state index contributed by atoms with van der Waals surface area (Å²) in [5, 5.41) is 19.1. The molecule has 0 aromatic rings. The molecular formula is C20H43NO3. The van der Waals surface area contributed by atoms with Crippen LogP contribution < -0.4 is 5.32 Å². The lowest BCUT2D eigenvalue weighted by molar-refractivity contribution is -0.000512. The minimum atomic E-state index is 0.160. The molecule has 0 radical (unpaired) electrons. The maximum atomic E-state index is 8.67. The lowest BCUT2D eigenvalue weighted by Crippen LogP contribution is -2.30. The Kier molecular flexibility index (Phi) is 16.2. The topological polar surface area (TPSA) is 61.7 Å². The van der Waals surface area contributed by atoms with E-state index in [0.29, 0.717) is 12.7 Å². The molecule has 1 unspecified atom stereocenters. The number of aliphatic hydroxyl groups excluding tert-OH is 2. The highest BCUT2D eigenvalue weighted by Gasteiger charge is 2.21. The lowest BCUT2D eigenvalue weighted by Gasteiger charge is -2.28. The number of rotatable bonds is 6. The van der Waals surface area contributed by atoms with Gasteiger partial charge in [-0.25, -0.2) is 0 Å². The minimum Gasteiger partial charge on any atom is -0.400 e. The fraction of sp³-hybridized carbons (Fsp3) is 1.00. The van der Waals surface area contributed by atoms with Crippen molar-refractivity contribution in [1.82, 2.24) is 5.32 Å². The fourth-order valence-corrected chi connectivity index (χ4v) is 3.40. The number of hydrogen-bond acceptors (Lipinski definition) is 4. The van der Waals surface area contributed by atoms with Crippen LogP contribution in [0.5, 0.6) is 0 Å². The van der Waals surface area contributed by atoms with Crippen molar-refractivity contribution in [2.75, 3.05) is 26.9 Å². The first-order valence-corrected chi connectivity index (χ1v) is 10.0. The molecular weight excluding hydrogens is 302 g/mol. The molecule has 146 valence electrons. The van der Waals surface area contributed by atoms with Crippen molar-refractivity contribution in [3.05, 3.63) is 0 Å². The summed E-state index contributed by atoms with van der Waals surface area (Å²) in [6.07, 6.45) is 12.4. The van der Waals surface area contributed by atoms with Gasteiger partial charge in [-0.05, 0) is 63.8 Å². The Morgan fingerprint density at radius 2 is 1.71 bits per heavy atom. The highest BCUT2D eigenvalue weighted by molar-refractivity contribution is 4.73. The number of nitrogens with one attached hydrogen (secondary N) is 1. The van der Waals surface area contributed by atoms with E-state index in [4.69, 9.17) is 14.9 Å². The first kappa shape index (κ1) is 23.8. The fourth-order valence-electron chi connectivity index (χ4n) is 3.40. The summed E-state index contributed by atoms with van der Waals surface area (Å²) in [6, 6.07) is 0.786. The van der Waals surface area contributed by atoms with Crippen molar-refractivity contribution < 1.29 is 14.9 Å². The van der Waals surface area contributed by atoms with Crippen LogP contribution in [-0.4, -0.2) is 49.2 Å². The SMILES string of the molecule is CC(C)CCC1CCC(OCCO)CC1.CC1CCCCN1.CO. The second kappa shape index (κ2) is 16.3. The molecule has 24 heavy (non-hydrogen) atoms. The Hall–Kier alpha value is -0.160. The third-order valence-corrected chi connectivity index (χ3v) is 4.95. The third kappa shape index (κ3) is 13.2. The van der Waals surface area contributed by atoms with Crippen LogP contribution in [0.15, 0.2) is 0 Å². The minimum absolute atomic E-state index is 0.160. The highest BCUT2D eigenvalue weighted by atomic mass is 16.5. The normalized spacial score (nSPS) is 26.9. The Balaban J connectivity index is 0.000000488. The van der Waals surface area contributed by atoms with Gasteiger partial charge in [0.25, 0.3) is 0 Å². The molecule has 0 aromatic heterocycles. The molecule has 0 aromatic carbocycles. The van der Waals surface area contributed by atoms with Crippen molar-refractivity contribution >= 4 is 0 Å². The lowest BCUT2D eigenvalue weighted by atomic mass is 9.83. The van der Waals surface area contributed by atoms with Crippen LogP contribution in [-0.2, 0) is 4.74 Å². The Bertz CT molecular complexity index is 247. The highest BCUT2D eigenvalue weighted by Crippen LogP contribution is 2.30. The van der Waals surface area contributed by atoms with Gasteiger partial charge in [-0.1, -0.05) is 33.1 Å². The van der Waals surface area contributed by atoms with E-state index in [0.717, 1.165) is 25.0 Å². The molecule has 1 saturated heterocycles. The van der Waals surface area contributed by atoms with Gasteiger partial charge in [0.05, 0.1) is 19.3 Å². The molecule has 1 atom stereocenters. The van der Waals surface area contributed by atoms with E-state index in [9.17, 15) is 0 Å². The number of piperidine rings is 1. The zero-order valence-electron chi connectivity index (χ0n) is 16.6. The van der Waals surface area contributed by atoms with E-state index < -0.39 is 0 Å². The number of aliphatic hydroxyl groups is 2. The summed E-state index contributed by atoms with van der Waals surface area (Å²) in [4.78, 5) is 0. The summed E-state index contributed by atoms with van der Waals surface area (Å²) in [5.74, 6) is 1.77. The van der Waals surface area contributed by atoms with Crippen molar-refractivity contribution in [2.45, 2.75) is 90.7 Å². The van der Waals surface area contributed by atoms with Gasteiger partial charge in [-0.3, -0.25) is 0 Å². The van der Waals surface area contributed by atoms with Crippen LogP contribution in [0.25, 0.3) is 0 Å². The molecule has 3 N–H and O–H groups in total. The van der Waals surface area contributed by atoms with Gasteiger partial charge in [0.2, 0.25) is 0 Å². The molecule has 2 fully saturated rings. The quantitative estimate of drug-likeness (QED) is 0.686. The van der Waals surface area contributed by atoms with Crippen LogP contribution in [0.2, 0.25) is 0 Å². The predicted molar refractivity (Wildman–Crippen MR) is 102 cm³/mol. The number of hydrogen-bond donors (Lipinski definition) is 3. The van der Waals surface area contributed by atoms with Gasteiger partial charge in [-0.2, -0.15) is 0 Å². The molecule has 2 aliphatic rings. The maximum absolute atomic E-state index is 8.67. The van der Waals surface area contributed by atoms with Crippen LogP contribution in [0.3, 0.4) is 0 Å². The molecule has 0 bridgehead atoms.